The SMILES string of the molecule is CC(C)CC(=O)NCCNc1nc(C(=O)c2cccs2)c2sccc2n1. The quantitative estimate of drug-likeness (QED) is 0.455. The number of thiophene rings is 2. The predicted octanol–water partition coefficient (Wildman–Crippen LogP) is 3.56. The fraction of sp³-hybridized carbons (Fsp3) is 0.333. The lowest BCUT2D eigenvalue weighted by atomic mass is 10.1. The predicted molar refractivity (Wildman–Crippen MR) is 106 cm³/mol. The van der Waals surface area contributed by atoms with Crippen LogP contribution in [-0.4, -0.2) is 34.7 Å². The molecule has 0 aromatic carbocycles. The molecule has 0 spiro atoms. The van der Waals surface area contributed by atoms with E-state index in [4.69, 9.17) is 0 Å². The summed E-state index contributed by atoms with van der Waals surface area (Å²) < 4.78 is 0.791. The number of hydrogen-bond acceptors (Lipinski definition) is 7. The normalized spacial score (nSPS) is 11.0. The highest BCUT2D eigenvalue weighted by atomic mass is 32.1. The van der Waals surface area contributed by atoms with Crippen molar-refractivity contribution in [2.45, 2.75) is 20.3 Å². The minimum absolute atomic E-state index is 0.0320. The zero-order chi connectivity index (χ0) is 18.5. The van der Waals surface area contributed by atoms with E-state index in [9.17, 15) is 9.59 Å². The number of ketones is 1. The van der Waals surface area contributed by atoms with Gasteiger partial charge in [-0.15, -0.1) is 22.7 Å². The molecule has 26 heavy (non-hydrogen) atoms. The molecule has 0 aliphatic carbocycles. The average molecular weight is 389 g/mol. The van der Waals surface area contributed by atoms with Crippen LogP contribution >= 0.6 is 22.7 Å². The van der Waals surface area contributed by atoms with Crippen molar-refractivity contribution in [2.75, 3.05) is 18.4 Å². The van der Waals surface area contributed by atoms with E-state index in [0.717, 1.165) is 10.2 Å². The van der Waals surface area contributed by atoms with Crippen LogP contribution < -0.4 is 10.6 Å². The van der Waals surface area contributed by atoms with Gasteiger partial charge in [0.25, 0.3) is 0 Å². The zero-order valence-corrected chi connectivity index (χ0v) is 16.2. The van der Waals surface area contributed by atoms with Crippen LogP contribution in [0.4, 0.5) is 5.95 Å². The van der Waals surface area contributed by atoms with Gasteiger partial charge in [0, 0.05) is 19.5 Å². The van der Waals surface area contributed by atoms with Crippen molar-refractivity contribution in [3.8, 4) is 0 Å². The van der Waals surface area contributed by atoms with Crippen molar-refractivity contribution in [3.63, 3.8) is 0 Å². The third-order valence-corrected chi connectivity index (χ3v) is 5.37. The molecule has 8 heteroatoms. The Morgan fingerprint density at radius 3 is 2.69 bits per heavy atom. The minimum Gasteiger partial charge on any atom is -0.354 e. The van der Waals surface area contributed by atoms with Crippen LogP contribution in [0.3, 0.4) is 0 Å². The fourth-order valence-corrected chi connectivity index (χ4v) is 3.92. The van der Waals surface area contributed by atoms with Crippen molar-refractivity contribution in [3.05, 3.63) is 39.5 Å². The number of aromatic nitrogens is 2. The Hall–Kier alpha value is -2.32. The van der Waals surface area contributed by atoms with E-state index in [1.54, 1.807) is 6.07 Å². The van der Waals surface area contributed by atoms with E-state index in [0.29, 0.717) is 41.9 Å². The summed E-state index contributed by atoms with van der Waals surface area (Å²) in [7, 11) is 0. The Morgan fingerprint density at radius 2 is 1.96 bits per heavy atom. The molecule has 3 aromatic heterocycles. The molecule has 1 amide bonds. The average Bonchev–Trinajstić information content (AvgIpc) is 3.28. The standard InChI is InChI=1S/C18H20N4O2S2/c1-11(2)10-14(23)19-6-7-20-18-21-12-5-9-26-17(12)15(22-18)16(24)13-4-3-8-25-13/h3-5,8-9,11H,6-7,10H2,1-2H3,(H,19,23)(H,20,21,22). The highest BCUT2D eigenvalue weighted by molar-refractivity contribution is 7.17. The summed E-state index contributed by atoms with van der Waals surface area (Å²) in [6.07, 6.45) is 0.511. The molecule has 0 aliphatic rings. The van der Waals surface area contributed by atoms with Gasteiger partial charge in [-0.25, -0.2) is 9.97 Å². The maximum atomic E-state index is 12.7. The summed E-state index contributed by atoms with van der Waals surface area (Å²) in [5.41, 5.74) is 1.16. The number of rotatable bonds is 8. The molecule has 3 aromatic rings. The Labute approximate surface area is 159 Å². The van der Waals surface area contributed by atoms with Crippen LogP contribution in [0.25, 0.3) is 10.2 Å². The van der Waals surface area contributed by atoms with Gasteiger partial charge in [0.1, 0.15) is 5.69 Å². The van der Waals surface area contributed by atoms with Crippen molar-refractivity contribution < 1.29 is 9.59 Å². The van der Waals surface area contributed by atoms with Crippen LogP contribution in [0.2, 0.25) is 0 Å². The summed E-state index contributed by atoms with van der Waals surface area (Å²) in [4.78, 5) is 33.9. The molecule has 0 saturated heterocycles. The molecule has 6 nitrogen and oxygen atoms in total. The molecule has 0 aliphatic heterocycles. The van der Waals surface area contributed by atoms with Crippen molar-refractivity contribution in [1.29, 1.82) is 0 Å². The number of amides is 1. The highest BCUT2D eigenvalue weighted by Crippen LogP contribution is 2.26. The number of anilines is 1. The second-order valence-corrected chi connectivity index (χ2v) is 8.08. The van der Waals surface area contributed by atoms with Gasteiger partial charge in [0.15, 0.2) is 0 Å². The van der Waals surface area contributed by atoms with E-state index < -0.39 is 0 Å². The molecule has 0 unspecified atom stereocenters. The monoisotopic (exact) mass is 388 g/mol. The topological polar surface area (TPSA) is 84.0 Å². The first-order chi connectivity index (χ1) is 12.5. The van der Waals surface area contributed by atoms with Gasteiger partial charge in [0.05, 0.1) is 15.1 Å². The summed E-state index contributed by atoms with van der Waals surface area (Å²) in [5.74, 6) is 0.666. The third kappa shape index (κ3) is 4.44. The lowest BCUT2D eigenvalue weighted by molar-refractivity contribution is -0.121. The molecule has 3 heterocycles. The minimum atomic E-state index is -0.0943. The number of nitrogens with zero attached hydrogens (tertiary/aromatic N) is 2. The molecule has 2 N–H and O–H groups in total. The number of nitrogens with one attached hydrogen (secondary N) is 2. The largest absolute Gasteiger partial charge is 0.354 e. The van der Waals surface area contributed by atoms with Crippen LogP contribution in [0.15, 0.2) is 29.0 Å². The van der Waals surface area contributed by atoms with E-state index in [2.05, 4.69) is 20.6 Å². The summed E-state index contributed by atoms with van der Waals surface area (Å²) >= 11 is 2.86. The maximum Gasteiger partial charge on any atom is 0.224 e. The van der Waals surface area contributed by atoms with Crippen molar-refractivity contribution >= 4 is 50.5 Å². The number of carbonyl (C=O) groups excluding carboxylic acids is 2. The van der Waals surface area contributed by atoms with Gasteiger partial charge in [-0.3, -0.25) is 9.59 Å². The summed E-state index contributed by atoms with van der Waals surface area (Å²) in [6, 6.07) is 5.53. The molecule has 136 valence electrons. The number of hydrogen-bond donors (Lipinski definition) is 2. The van der Waals surface area contributed by atoms with Gasteiger partial charge in [0.2, 0.25) is 17.6 Å². The third-order valence-electron chi connectivity index (χ3n) is 3.59. The van der Waals surface area contributed by atoms with E-state index in [-0.39, 0.29) is 11.7 Å². The molecular weight excluding hydrogens is 368 g/mol. The first kappa shape index (κ1) is 18.5. The molecule has 0 fully saturated rings. The van der Waals surface area contributed by atoms with Gasteiger partial charge in [-0.2, -0.15) is 0 Å². The van der Waals surface area contributed by atoms with E-state index in [1.165, 1.54) is 22.7 Å². The molecule has 0 saturated carbocycles. The lowest BCUT2D eigenvalue weighted by Crippen LogP contribution is -2.29. The Kier molecular flexibility index (Phi) is 5.95. The van der Waals surface area contributed by atoms with Gasteiger partial charge in [-0.1, -0.05) is 19.9 Å². The van der Waals surface area contributed by atoms with Crippen LogP contribution in [0.1, 0.15) is 35.6 Å². The Balaban J connectivity index is 1.70. The molecule has 0 atom stereocenters. The van der Waals surface area contributed by atoms with Gasteiger partial charge < -0.3 is 10.6 Å². The molecular formula is C18H20N4O2S2. The molecule has 0 radical (unpaired) electrons. The van der Waals surface area contributed by atoms with Crippen LogP contribution in [0, 0.1) is 5.92 Å². The van der Waals surface area contributed by atoms with E-state index >= 15 is 0 Å². The van der Waals surface area contributed by atoms with Crippen LogP contribution in [-0.2, 0) is 4.79 Å². The van der Waals surface area contributed by atoms with Crippen molar-refractivity contribution in [2.24, 2.45) is 5.92 Å². The molecule has 0 bridgehead atoms. The summed E-state index contributed by atoms with van der Waals surface area (Å²) in [5, 5.41) is 9.73. The highest BCUT2D eigenvalue weighted by Gasteiger charge is 2.18. The van der Waals surface area contributed by atoms with Gasteiger partial charge in [-0.05, 0) is 28.8 Å². The lowest BCUT2D eigenvalue weighted by Gasteiger charge is -2.09. The first-order valence-electron chi connectivity index (χ1n) is 8.38. The second kappa shape index (κ2) is 8.37. The number of carbonyl (C=O) groups is 2. The Bertz CT molecular complexity index is 903. The number of fused-ring (bicyclic) bond motifs is 1. The molecule has 3 rings (SSSR count). The first-order valence-corrected chi connectivity index (χ1v) is 10.1. The fourth-order valence-electron chi connectivity index (χ4n) is 2.44. The Morgan fingerprint density at radius 1 is 1.12 bits per heavy atom. The zero-order valence-electron chi connectivity index (χ0n) is 14.6. The van der Waals surface area contributed by atoms with E-state index in [1.807, 2.05) is 36.7 Å². The smallest absolute Gasteiger partial charge is 0.224 e. The van der Waals surface area contributed by atoms with Crippen LogP contribution in [0.5, 0.6) is 0 Å². The maximum absolute atomic E-state index is 12.7. The summed E-state index contributed by atoms with van der Waals surface area (Å²) in [6.45, 7) is 4.98. The van der Waals surface area contributed by atoms with Crippen molar-refractivity contribution in [1.82, 2.24) is 15.3 Å². The second-order valence-electron chi connectivity index (χ2n) is 6.21. The van der Waals surface area contributed by atoms with Gasteiger partial charge >= 0.3 is 0 Å².